The van der Waals surface area contributed by atoms with Crippen LogP contribution in [-0.4, -0.2) is 79.7 Å². The van der Waals surface area contributed by atoms with Gasteiger partial charge in [0.1, 0.15) is 11.5 Å². The van der Waals surface area contributed by atoms with E-state index in [2.05, 4.69) is 33.8 Å². The molecular formula is C29H38N4O4S. The van der Waals surface area contributed by atoms with Gasteiger partial charge in [-0.2, -0.15) is 0 Å². The molecule has 9 heteroatoms. The number of imidazole rings is 1. The maximum Gasteiger partial charge on any atom is 0.220 e. The van der Waals surface area contributed by atoms with E-state index in [-0.39, 0.29) is 5.91 Å². The van der Waals surface area contributed by atoms with Crippen molar-refractivity contribution in [2.75, 3.05) is 59.4 Å². The Morgan fingerprint density at radius 1 is 1.00 bits per heavy atom. The lowest BCUT2D eigenvalue weighted by Crippen LogP contribution is -2.41. The number of nitrogens with zero attached hydrogens (tertiary/aromatic N) is 3. The van der Waals surface area contributed by atoms with Crippen molar-refractivity contribution in [3.63, 3.8) is 0 Å². The molecule has 2 aromatic carbocycles. The molecule has 1 fully saturated rings. The Kier molecular flexibility index (Phi) is 10.5. The summed E-state index contributed by atoms with van der Waals surface area (Å²) in [5.41, 5.74) is 4.12. The number of nitrogens with one attached hydrogen (secondary N) is 1. The number of benzene rings is 2. The normalized spacial score (nSPS) is 13.9. The molecule has 1 N–H and O–H groups in total. The number of aromatic nitrogens is 2. The second kappa shape index (κ2) is 14.2. The number of carbonyl (C=O) groups excluding carboxylic acids is 1. The third kappa shape index (κ3) is 7.30. The van der Waals surface area contributed by atoms with Crippen molar-refractivity contribution in [3.8, 4) is 34.0 Å². The highest BCUT2D eigenvalue weighted by Gasteiger charge is 2.20. The van der Waals surface area contributed by atoms with Gasteiger partial charge in [0.05, 0.1) is 38.8 Å². The van der Waals surface area contributed by atoms with Gasteiger partial charge in [0, 0.05) is 56.0 Å². The number of methoxy groups -OCH3 is 2. The number of rotatable bonds is 13. The zero-order chi connectivity index (χ0) is 26.7. The molecule has 0 saturated carbocycles. The fourth-order valence-corrected chi connectivity index (χ4v) is 5.49. The highest BCUT2D eigenvalue weighted by molar-refractivity contribution is 7.99. The summed E-state index contributed by atoms with van der Waals surface area (Å²) in [6, 6.07) is 16.1. The molecule has 4 rings (SSSR count). The summed E-state index contributed by atoms with van der Waals surface area (Å²) >= 11 is 1.70. The molecule has 0 unspecified atom stereocenters. The minimum atomic E-state index is 0.107. The molecule has 8 nitrogen and oxygen atoms in total. The maximum absolute atomic E-state index is 12.3. The van der Waals surface area contributed by atoms with Crippen LogP contribution in [-0.2, 0) is 16.1 Å². The van der Waals surface area contributed by atoms with E-state index in [1.807, 2.05) is 36.4 Å². The van der Waals surface area contributed by atoms with Crippen LogP contribution < -0.4 is 14.8 Å². The van der Waals surface area contributed by atoms with Crippen LogP contribution in [0.3, 0.4) is 0 Å². The van der Waals surface area contributed by atoms with Gasteiger partial charge in [-0.1, -0.05) is 11.8 Å². The molecule has 0 aliphatic carbocycles. The van der Waals surface area contributed by atoms with Gasteiger partial charge in [0.25, 0.3) is 0 Å². The van der Waals surface area contributed by atoms with Crippen LogP contribution in [0.15, 0.2) is 53.7 Å². The Morgan fingerprint density at radius 3 is 2.24 bits per heavy atom. The number of morpholine rings is 1. The lowest BCUT2D eigenvalue weighted by molar-refractivity contribution is -0.121. The molecule has 0 atom stereocenters. The quantitative estimate of drug-likeness (QED) is 0.252. The monoisotopic (exact) mass is 538 g/mol. The highest BCUT2D eigenvalue weighted by Crippen LogP contribution is 2.37. The van der Waals surface area contributed by atoms with Crippen molar-refractivity contribution >= 4 is 17.7 Å². The summed E-state index contributed by atoms with van der Waals surface area (Å²) in [4.78, 5) is 19.8. The Morgan fingerprint density at radius 2 is 1.63 bits per heavy atom. The van der Waals surface area contributed by atoms with Crippen LogP contribution in [0.5, 0.6) is 11.5 Å². The molecule has 3 aromatic rings. The maximum atomic E-state index is 12.3. The van der Waals surface area contributed by atoms with Gasteiger partial charge in [-0.25, -0.2) is 4.98 Å². The summed E-state index contributed by atoms with van der Waals surface area (Å²) in [5.74, 6) is 2.56. The first-order valence-electron chi connectivity index (χ1n) is 13.2. The van der Waals surface area contributed by atoms with E-state index >= 15 is 0 Å². The van der Waals surface area contributed by atoms with Gasteiger partial charge < -0.3 is 24.1 Å². The lowest BCUT2D eigenvalue weighted by Gasteiger charge is -2.26. The third-order valence-electron chi connectivity index (χ3n) is 6.61. The number of hydrogen-bond acceptors (Lipinski definition) is 7. The van der Waals surface area contributed by atoms with Gasteiger partial charge in [0.2, 0.25) is 5.91 Å². The topological polar surface area (TPSA) is 77.9 Å². The molecule has 2 heterocycles. The Balaban J connectivity index is 1.42. The first kappa shape index (κ1) is 28.0. The van der Waals surface area contributed by atoms with Crippen LogP contribution >= 0.6 is 11.8 Å². The summed E-state index contributed by atoms with van der Waals surface area (Å²) in [5, 5.41) is 4.01. The first-order chi connectivity index (χ1) is 18.6. The van der Waals surface area contributed by atoms with Crippen molar-refractivity contribution in [3.05, 3.63) is 48.5 Å². The zero-order valence-corrected chi connectivity index (χ0v) is 23.4. The predicted molar refractivity (Wildman–Crippen MR) is 152 cm³/mol. The van der Waals surface area contributed by atoms with E-state index in [4.69, 9.17) is 19.2 Å². The minimum absolute atomic E-state index is 0.107. The molecule has 1 amide bonds. The summed E-state index contributed by atoms with van der Waals surface area (Å²) in [6.07, 6.45) is 1.31. The molecule has 38 heavy (non-hydrogen) atoms. The van der Waals surface area contributed by atoms with Gasteiger partial charge in [-0.3, -0.25) is 9.69 Å². The summed E-state index contributed by atoms with van der Waals surface area (Å²) in [7, 11) is 3.34. The molecule has 204 valence electrons. The predicted octanol–water partition coefficient (Wildman–Crippen LogP) is 4.57. The third-order valence-corrected chi connectivity index (χ3v) is 7.67. The lowest BCUT2D eigenvalue weighted by atomic mass is 10.0. The molecule has 1 aromatic heterocycles. The van der Waals surface area contributed by atoms with Crippen molar-refractivity contribution in [2.24, 2.45) is 0 Å². The average molecular weight is 539 g/mol. The van der Waals surface area contributed by atoms with E-state index < -0.39 is 0 Å². The highest BCUT2D eigenvalue weighted by atomic mass is 32.2. The standard InChI is InChI=1S/C29H38N4O4S/c1-4-33-28(23-9-13-25(36-3)14-10-23)27(22-7-11-24(35-2)12-8-22)31-29(33)38-21-5-6-26(34)30-15-16-32-17-19-37-20-18-32/h7-14H,4-6,15-21H2,1-3H3,(H,30,34). The van der Waals surface area contributed by atoms with E-state index in [0.717, 1.165) is 90.7 Å². The SMILES string of the molecule is CCn1c(SCCCC(=O)NCCN2CCOCC2)nc(-c2ccc(OC)cc2)c1-c1ccc(OC)cc1. The minimum Gasteiger partial charge on any atom is -0.497 e. The van der Waals surface area contributed by atoms with Crippen LogP contribution in [0.2, 0.25) is 0 Å². The van der Waals surface area contributed by atoms with Gasteiger partial charge in [-0.15, -0.1) is 0 Å². The Labute approximate surface area is 229 Å². The summed E-state index contributed by atoms with van der Waals surface area (Å²) < 4.78 is 18.4. The molecule has 1 aliphatic rings. The number of hydrogen-bond donors (Lipinski definition) is 1. The first-order valence-corrected chi connectivity index (χ1v) is 14.2. The van der Waals surface area contributed by atoms with Crippen molar-refractivity contribution in [2.45, 2.75) is 31.5 Å². The number of carbonyl (C=O) groups is 1. The van der Waals surface area contributed by atoms with Crippen LogP contribution in [0, 0.1) is 0 Å². The molecular weight excluding hydrogens is 500 g/mol. The van der Waals surface area contributed by atoms with E-state index in [1.165, 1.54) is 0 Å². The average Bonchev–Trinajstić information content (AvgIpc) is 3.34. The van der Waals surface area contributed by atoms with Gasteiger partial charge in [-0.05, 0) is 61.9 Å². The molecule has 1 aliphatic heterocycles. The molecule has 0 radical (unpaired) electrons. The smallest absolute Gasteiger partial charge is 0.220 e. The largest absolute Gasteiger partial charge is 0.497 e. The van der Waals surface area contributed by atoms with Crippen molar-refractivity contribution < 1.29 is 19.0 Å². The van der Waals surface area contributed by atoms with Gasteiger partial charge in [0.15, 0.2) is 5.16 Å². The van der Waals surface area contributed by atoms with Crippen LogP contribution in [0.4, 0.5) is 0 Å². The van der Waals surface area contributed by atoms with E-state index in [1.54, 1.807) is 26.0 Å². The molecule has 0 spiro atoms. The fourth-order valence-electron chi connectivity index (χ4n) is 4.49. The van der Waals surface area contributed by atoms with Crippen LogP contribution in [0.25, 0.3) is 22.5 Å². The summed E-state index contributed by atoms with van der Waals surface area (Å²) in [6.45, 7) is 7.91. The van der Waals surface area contributed by atoms with Crippen molar-refractivity contribution in [1.29, 1.82) is 0 Å². The van der Waals surface area contributed by atoms with E-state index in [9.17, 15) is 4.79 Å². The fraction of sp³-hybridized carbons (Fsp3) is 0.448. The van der Waals surface area contributed by atoms with Crippen LogP contribution in [0.1, 0.15) is 19.8 Å². The number of amides is 1. The number of ether oxygens (including phenoxy) is 3. The number of thioether (sulfide) groups is 1. The Bertz CT molecular complexity index is 1160. The molecule has 0 bridgehead atoms. The second-order valence-corrected chi connectivity index (χ2v) is 10.1. The van der Waals surface area contributed by atoms with Gasteiger partial charge >= 0.3 is 0 Å². The molecule has 1 saturated heterocycles. The van der Waals surface area contributed by atoms with Crippen molar-refractivity contribution in [1.82, 2.24) is 19.8 Å². The Hall–Kier alpha value is -3.01. The second-order valence-electron chi connectivity index (χ2n) is 9.05. The van der Waals surface area contributed by atoms with E-state index in [0.29, 0.717) is 13.0 Å². The zero-order valence-electron chi connectivity index (χ0n) is 22.6.